The van der Waals surface area contributed by atoms with Gasteiger partial charge in [0.2, 0.25) is 0 Å². The van der Waals surface area contributed by atoms with Crippen LogP contribution < -0.4 is 0 Å². The van der Waals surface area contributed by atoms with Gasteiger partial charge in [-0.2, -0.15) is 0 Å². The van der Waals surface area contributed by atoms with Crippen molar-refractivity contribution in [3.8, 4) is 0 Å². The highest BCUT2D eigenvalue weighted by Gasteiger charge is 2.45. The van der Waals surface area contributed by atoms with Crippen LogP contribution >= 0.6 is 0 Å². The lowest BCUT2D eigenvalue weighted by molar-refractivity contribution is -0.387. The third-order valence-electron chi connectivity index (χ3n) is 5.55. The molecule has 1 heterocycles. The molecule has 192 valence electrons. The van der Waals surface area contributed by atoms with E-state index in [2.05, 4.69) is 6.58 Å². The second kappa shape index (κ2) is 10.4. The molecule has 1 saturated carbocycles. The first-order valence-corrected chi connectivity index (χ1v) is 12.7. The molecule has 35 heavy (non-hydrogen) atoms. The van der Waals surface area contributed by atoms with E-state index in [9.17, 15) is 28.4 Å². The van der Waals surface area contributed by atoms with Crippen LogP contribution in [0.3, 0.4) is 0 Å². The Morgan fingerprint density at radius 1 is 1.34 bits per heavy atom. The fourth-order valence-corrected chi connectivity index (χ4v) is 5.50. The summed E-state index contributed by atoms with van der Waals surface area (Å²) >= 11 is 0. The first-order valence-electron chi connectivity index (χ1n) is 11.2. The van der Waals surface area contributed by atoms with Crippen molar-refractivity contribution in [3.05, 3.63) is 58.7 Å². The first kappa shape index (κ1) is 26.8. The maximum Gasteiger partial charge on any atom is 0.410 e. The van der Waals surface area contributed by atoms with Gasteiger partial charge >= 0.3 is 6.09 Å². The molecule has 0 aromatic heterocycles. The molecule has 1 aliphatic carbocycles. The minimum atomic E-state index is -4.55. The summed E-state index contributed by atoms with van der Waals surface area (Å²) in [5.74, 6) is 0.0786. The van der Waals surface area contributed by atoms with Crippen molar-refractivity contribution in [1.29, 1.82) is 0 Å². The van der Waals surface area contributed by atoms with Gasteiger partial charge in [-0.05, 0) is 51.2 Å². The van der Waals surface area contributed by atoms with Gasteiger partial charge in [0, 0.05) is 12.6 Å². The van der Waals surface area contributed by atoms with Gasteiger partial charge in [0.05, 0.1) is 30.2 Å². The molecule has 0 bridgehead atoms. The molecule has 2 aliphatic rings. The number of nitro groups is 1. The summed E-state index contributed by atoms with van der Waals surface area (Å²) in [6.45, 7) is 7.92. The number of carbonyl (C=O) groups excluding carboxylic acids is 1. The number of rotatable bonds is 9. The number of ether oxygens (including phenoxy) is 1. The van der Waals surface area contributed by atoms with Crippen LogP contribution in [0.25, 0.3) is 0 Å². The van der Waals surface area contributed by atoms with Crippen molar-refractivity contribution in [2.24, 2.45) is 5.92 Å². The molecule has 2 atom stereocenters. The lowest BCUT2D eigenvalue weighted by Crippen LogP contribution is -2.56. The van der Waals surface area contributed by atoms with E-state index in [1.807, 2.05) is 0 Å². The zero-order valence-electron chi connectivity index (χ0n) is 20.0. The number of hydroxylamine groups is 1. The van der Waals surface area contributed by atoms with Gasteiger partial charge in [0.25, 0.3) is 15.7 Å². The summed E-state index contributed by atoms with van der Waals surface area (Å²) in [6, 6.07) is 3.28. The standard InChI is InChI=1S/C23H31N3O8S/c1-5-12-33-26(35(31,32)21-9-7-6-8-19(21)25(29)30)17-13-18(16-10-11-16)20(15-27)24(14-17)22(28)34-23(2,3)4/h5-9,13,16-17,20,27H,1,10-12,14-15H2,2-4H3/t17-,20-/m1/s1. The molecule has 1 aliphatic heterocycles. The number of aliphatic hydroxyl groups excluding tert-OH is 1. The average Bonchev–Trinajstić information content (AvgIpc) is 3.62. The number of hydrogen-bond donors (Lipinski definition) is 1. The minimum absolute atomic E-state index is 0.0786. The summed E-state index contributed by atoms with van der Waals surface area (Å²) in [7, 11) is -4.55. The molecule has 1 aromatic carbocycles. The number of sulfonamides is 1. The normalized spacial score (nSPS) is 20.9. The van der Waals surface area contributed by atoms with E-state index in [1.165, 1.54) is 23.1 Å². The quantitative estimate of drug-likeness (QED) is 0.304. The molecule has 12 heteroatoms. The zero-order valence-corrected chi connectivity index (χ0v) is 20.8. The zero-order chi connectivity index (χ0) is 26.0. The molecule has 0 radical (unpaired) electrons. The van der Waals surface area contributed by atoms with Crippen LogP contribution in [0.2, 0.25) is 0 Å². The minimum Gasteiger partial charge on any atom is -0.444 e. The van der Waals surface area contributed by atoms with Crippen LogP contribution in [0, 0.1) is 16.0 Å². The van der Waals surface area contributed by atoms with Crippen molar-refractivity contribution in [2.45, 2.75) is 56.2 Å². The van der Waals surface area contributed by atoms with Crippen molar-refractivity contribution in [3.63, 3.8) is 0 Å². The highest BCUT2D eigenvalue weighted by Crippen LogP contribution is 2.42. The van der Waals surface area contributed by atoms with E-state index >= 15 is 0 Å². The number of carbonyl (C=O) groups is 1. The van der Waals surface area contributed by atoms with Crippen LogP contribution in [-0.4, -0.2) is 71.4 Å². The molecule has 1 fully saturated rings. The number of nitrogens with zero attached hydrogens (tertiary/aromatic N) is 3. The molecule has 0 unspecified atom stereocenters. The predicted molar refractivity (Wildman–Crippen MR) is 127 cm³/mol. The van der Waals surface area contributed by atoms with Gasteiger partial charge in [-0.1, -0.05) is 28.8 Å². The summed E-state index contributed by atoms with van der Waals surface area (Å²) in [5.41, 5.74) is -0.706. The maximum absolute atomic E-state index is 13.7. The number of amides is 1. The Labute approximate surface area is 204 Å². The summed E-state index contributed by atoms with van der Waals surface area (Å²) in [6.07, 6.45) is 3.98. The van der Waals surface area contributed by atoms with Crippen molar-refractivity contribution >= 4 is 21.8 Å². The summed E-state index contributed by atoms with van der Waals surface area (Å²) in [5, 5.41) is 21.7. The Kier molecular flexibility index (Phi) is 8.00. The number of hydrogen-bond acceptors (Lipinski definition) is 8. The number of aliphatic hydroxyl groups is 1. The van der Waals surface area contributed by atoms with Crippen molar-refractivity contribution in [1.82, 2.24) is 9.37 Å². The average molecular weight is 510 g/mol. The fraction of sp³-hybridized carbons (Fsp3) is 0.522. The van der Waals surface area contributed by atoms with Gasteiger partial charge in [-0.15, -0.1) is 6.58 Å². The molecule has 1 N–H and O–H groups in total. The maximum atomic E-state index is 13.7. The molecular formula is C23H31N3O8S. The monoisotopic (exact) mass is 509 g/mol. The molecule has 0 spiro atoms. The van der Waals surface area contributed by atoms with E-state index in [0.29, 0.717) is 10.0 Å². The number of benzene rings is 1. The Balaban J connectivity index is 2.09. The predicted octanol–water partition coefficient (Wildman–Crippen LogP) is 3.02. The molecule has 1 amide bonds. The third kappa shape index (κ3) is 6.07. The van der Waals surface area contributed by atoms with Crippen LogP contribution in [0.4, 0.5) is 10.5 Å². The first-order chi connectivity index (χ1) is 16.4. The van der Waals surface area contributed by atoms with E-state index < -0.39 is 49.3 Å². The van der Waals surface area contributed by atoms with Gasteiger partial charge < -0.3 is 9.84 Å². The highest BCUT2D eigenvalue weighted by atomic mass is 32.2. The highest BCUT2D eigenvalue weighted by molar-refractivity contribution is 7.89. The largest absolute Gasteiger partial charge is 0.444 e. The van der Waals surface area contributed by atoms with E-state index in [1.54, 1.807) is 26.8 Å². The SMILES string of the molecule is C=CCON([C@@H]1C=C(C2CC2)[C@@H](CO)N(C(=O)OC(C)(C)C)C1)S(=O)(=O)c1ccccc1[N+](=O)[O-]. The molecule has 1 aromatic rings. The third-order valence-corrected chi connectivity index (χ3v) is 7.30. The Bertz CT molecular complexity index is 1110. The van der Waals surface area contributed by atoms with Gasteiger partial charge in [0.15, 0.2) is 4.90 Å². The fourth-order valence-electron chi connectivity index (χ4n) is 3.97. The molecule has 0 saturated heterocycles. The van der Waals surface area contributed by atoms with Crippen LogP contribution in [0.1, 0.15) is 33.6 Å². The lowest BCUT2D eigenvalue weighted by Gasteiger charge is -2.41. The van der Waals surface area contributed by atoms with Crippen LogP contribution in [-0.2, 0) is 19.6 Å². The molecular weight excluding hydrogens is 478 g/mol. The molecule has 11 nitrogen and oxygen atoms in total. The second-order valence-corrected chi connectivity index (χ2v) is 11.2. The lowest BCUT2D eigenvalue weighted by atomic mass is 9.94. The Hall–Kier alpha value is -2.80. The van der Waals surface area contributed by atoms with E-state index in [0.717, 1.165) is 25.0 Å². The van der Waals surface area contributed by atoms with Gasteiger partial charge in [-0.3, -0.25) is 19.9 Å². The summed E-state index contributed by atoms with van der Waals surface area (Å²) < 4.78 is 33.5. The van der Waals surface area contributed by atoms with Gasteiger partial charge in [0.1, 0.15) is 5.60 Å². The molecule has 3 rings (SSSR count). The van der Waals surface area contributed by atoms with E-state index in [-0.39, 0.29) is 25.7 Å². The Morgan fingerprint density at radius 2 is 2.00 bits per heavy atom. The van der Waals surface area contributed by atoms with Crippen molar-refractivity contribution < 1.29 is 32.8 Å². The summed E-state index contributed by atoms with van der Waals surface area (Å²) in [4.78, 5) is 30.1. The Morgan fingerprint density at radius 3 is 2.54 bits per heavy atom. The second-order valence-electron chi connectivity index (χ2n) is 9.41. The smallest absolute Gasteiger partial charge is 0.410 e. The van der Waals surface area contributed by atoms with Crippen molar-refractivity contribution in [2.75, 3.05) is 19.8 Å². The number of para-hydroxylation sites is 1. The van der Waals surface area contributed by atoms with E-state index in [4.69, 9.17) is 9.57 Å². The number of nitro benzene ring substituents is 1. The van der Waals surface area contributed by atoms with Gasteiger partial charge in [-0.25, -0.2) is 13.2 Å². The topological polar surface area (TPSA) is 140 Å². The van der Waals surface area contributed by atoms with Crippen LogP contribution in [0.15, 0.2) is 53.5 Å². The van der Waals surface area contributed by atoms with Crippen LogP contribution in [0.5, 0.6) is 0 Å².